The minimum absolute atomic E-state index is 0.0349. The molecule has 0 spiro atoms. The number of benzene rings is 1. The Morgan fingerprint density at radius 2 is 2.12 bits per heavy atom. The van der Waals surface area contributed by atoms with Crippen molar-refractivity contribution >= 4 is 45.0 Å². The molecule has 1 aliphatic heterocycles. The van der Waals surface area contributed by atoms with Crippen molar-refractivity contribution in [2.24, 2.45) is 5.92 Å². The van der Waals surface area contributed by atoms with Crippen molar-refractivity contribution in [3.63, 3.8) is 0 Å². The summed E-state index contributed by atoms with van der Waals surface area (Å²) in [6, 6.07) is 2.25. The van der Waals surface area contributed by atoms with Gasteiger partial charge in [0, 0.05) is 16.8 Å². The SMILES string of the molecule is CC1CC(=O)N(c2c(Cl)cc(F)cc2Br)C1=O. The fraction of sp³-hybridized carbons (Fsp3) is 0.273. The van der Waals surface area contributed by atoms with Gasteiger partial charge in [-0.1, -0.05) is 18.5 Å². The Kier molecular flexibility index (Phi) is 3.23. The van der Waals surface area contributed by atoms with E-state index < -0.39 is 5.82 Å². The highest BCUT2D eigenvalue weighted by molar-refractivity contribution is 9.10. The molecule has 1 unspecified atom stereocenters. The van der Waals surface area contributed by atoms with E-state index in [-0.39, 0.29) is 34.9 Å². The van der Waals surface area contributed by atoms with Crippen molar-refractivity contribution in [3.05, 3.63) is 27.4 Å². The monoisotopic (exact) mass is 319 g/mol. The third-order valence-corrected chi connectivity index (χ3v) is 3.47. The van der Waals surface area contributed by atoms with Gasteiger partial charge in [-0.3, -0.25) is 9.59 Å². The minimum atomic E-state index is -0.530. The normalized spacial score (nSPS) is 20.2. The molecule has 1 aromatic carbocycles. The first-order valence-electron chi connectivity index (χ1n) is 4.93. The lowest BCUT2D eigenvalue weighted by atomic mass is 10.1. The van der Waals surface area contributed by atoms with Gasteiger partial charge in [-0.25, -0.2) is 9.29 Å². The predicted molar refractivity (Wildman–Crippen MR) is 65.4 cm³/mol. The molecule has 2 amide bonds. The molecule has 1 aliphatic rings. The van der Waals surface area contributed by atoms with Crippen LogP contribution in [0.25, 0.3) is 0 Å². The third-order valence-electron chi connectivity index (χ3n) is 2.58. The molecular formula is C11H8BrClFNO2. The number of carbonyl (C=O) groups is 2. The molecule has 1 saturated heterocycles. The van der Waals surface area contributed by atoms with Crippen LogP contribution in [0.5, 0.6) is 0 Å². The Morgan fingerprint density at radius 3 is 2.59 bits per heavy atom. The Balaban J connectivity index is 2.55. The number of carbonyl (C=O) groups excluding carboxylic acids is 2. The van der Waals surface area contributed by atoms with E-state index >= 15 is 0 Å². The lowest BCUT2D eigenvalue weighted by Gasteiger charge is -2.17. The van der Waals surface area contributed by atoms with Crippen molar-refractivity contribution in [1.29, 1.82) is 0 Å². The van der Waals surface area contributed by atoms with E-state index in [9.17, 15) is 14.0 Å². The second-order valence-electron chi connectivity index (χ2n) is 3.89. The molecule has 0 aromatic heterocycles. The summed E-state index contributed by atoms with van der Waals surface area (Å²) in [7, 11) is 0. The van der Waals surface area contributed by atoms with Crippen molar-refractivity contribution in [2.45, 2.75) is 13.3 Å². The van der Waals surface area contributed by atoms with Gasteiger partial charge in [0.15, 0.2) is 0 Å². The van der Waals surface area contributed by atoms with E-state index in [1.807, 2.05) is 0 Å². The second-order valence-corrected chi connectivity index (χ2v) is 5.15. The number of rotatable bonds is 1. The fourth-order valence-electron chi connectivity index (χ4n) is 1.77. The molecule has 1 atom stereocenters. The van der Waals surface area contributed by atoms with Crippen LogP contribution in [0.3, 0.4) is 0 Å². The Hall–Kier alpha value is -0.940. The van der Waals surface area contributed by atoms with Gasteiger partial charge in [-0.2, -0.15) is 0 Å². The van der Waals surface area contributed by atoms with Crippen LogP contribution in [0.2, 0.25) is 5.02 Å². The molecular weight excluding hydrogens is 312 g/mol. The quantitative estimate of drug-likeness (QED) is 0.746. The van der Waals surface area contributed by atoms with Crippen LogP contribution in [-0.4, -0.2) is 11.8 Å². The molecule has 90 valence electrons. The molecule has 0 saturated carbocycles. The van der Waals surface area contributed by atoms with Gasteiger partial charge in [0.1, 0.15) is 5.82 Å². The van der Waals surface area contributed by atoms with E-state index in [2.05, 4.69) is 15.9 Å². The largest absolute Gasteiger partial charge is 0.274 e. The summed E-state index contributed by atoms with van der Waals surface area (Å²) >= 11 is 8.99. The minimum Gasteiger partial charge on any atom is -0.274 e. The van der Waals surface area contributed by atoms with Crippen LogP contribution >= 0.6 is 27.5 Å². The highest BCUT2D eigenvalue weighted by Crippen LogP contribution is 2.38. The summed E-state index contributed by atoms with van der Waals surface area (Å²) in [5, 5.41) is 0.0349. The molecule has 1 aromatic rings. The van der Waals surface area contributed by atoms with Gasteiger partial charge in [-0.05, 0) is 28.1 Å². The molecule has 17 heavy (non-hydrogen) atoms. The average Bonchev–Trinajstić information content (AvgIpc) is 2.43. The van der Waals surface area contributed by atoms with Crippen LogP contribution < -0.4 is 4.90 Å². The Bertz CT molecular complexity index is 497. The first-order chi connectivity index (χ1) is 7.91. The van der Waals surface area contributed by atoms with Gasteiger partial charge in [-0.15, -0.1) is 0 Å². The second kappa shape index (κ2) is 4.38. The number of imide groups is 1. The molecule has 2 rings (SSSR count). The van der Waals surface area contributed by atoms with Crippen LogP contribution in [0, 0.1) is 11.7 Å². The van der Waals surface area contributed by atoms with E-state index in [0.717, 1.165) is 11.0 Å². The summed E-state index contributed by atoms with van der Waals surface area (Å²) < 4.78 is 13.4. The summed E-state index contributed by atoms with van der Waals surface area (Å²) in [5.74, 6) is -1.53. The number of hydrogen-bond acceptors (Lipinski definition) is 2. The summed E-state index contributed by atoms with van der Waals surface area (Å²) in [6.07, 6.45) is 0.152. The maximum Gasteiger partial charge on any atom is 0.237 e. The average molecular weight is 321 g/mol. The van der Waals surface area contributed by atoms with E-state index in [1.54, 1.807) is 6.92 Å². The molecule has 0 N–H and O–H groups in total. The van der Waals surface area contributed by atoms with Gasteiger partial charge in [0.2, 0.25) is 11.8 Å². The zero-order chi connectivity index (χ0) is 12.7. The maximum absolute atomic E-state index is 13.1. The van der Waals surface area contributed by atoms with Gasteiger partial charge >= 0.3 is 0 Å². The van der Waals surface area contributed by atoms with Gasteiger partial charge in [0.25, 0.3) is 0 Å². The van der Waals surface area contributed by atoms with Crippen molar-refractivity contribution < 1.29 is 14.0 Å². The Labute approximate surface area is 111 Å². The molecule has 0 bridgehead atoms. The van der Waals surface area contributed by atoms with E-state index in [0.29, 0.717) is 4.47 Å². The van der Waals surface area contributed by atoms with Crippen molar-refractivity contribution in [3.8, 4) is 0 Å². The highest BCUT2D eigenvalue weighted by Gasteiger charge is 2.38. The smallest absolute Gasteiger partial charge is 0.237 e. The zero-order valence-corrected chi connectivity index (χ0v) is 11.2. The van der Waals surface area contributed by atoms with Crippen LogP contribution in [0.15, 0.2) is 16.6 Å². The van der Waals surface area contributed by atoms with Gasteiger partial charge in [0.05, 0.1) is 10.7 Å². The number of nitrogens with zero attached hydrogens (tertiary/aromatic N) is 1. The molecule has 0 aliphatic carbocycles. The third kappa shape index (κ3) is 2.09. The van der Waals surface area contributed by atoms with Gasteiger partial charge < -0.3 is 0 Å². The standard InChI is InChI=1S/C11H8BrClFNO2/c1-5-2-9(16)15(11(5)17)10-7(12)3-6(14)4-8(10)13/h3-5H,2H2,1H3. The van der Waals surface area contributed by atoms with Crippen molar-refractivity contribution in [2.75, 3.05) is 4.90 Å². The lowest BCUT2D eigenvalue weighted by Crippen LogP contribution is -2.30. The molecule has 3 nitrogen and oxygen atoms in total. The molecule has 1 fully saturated rings. The van der Waals surface area contributed by atoms with E-state index in [4.69, 9.17) is 11.6 Å². The number of hydrogen-bond donors (Lipinski definition) is 0. The van der Waals surface area contributed by atoms with Crippen molar-refractivity contribution in [1.82, 2.24) is 0 Å². The maximum atomic E-state index is 13.1. The number of anilines is 1. The van der Waals surface area contributed by atoms with Crippen LogP contribution in [0.1, 0.15) is 13.3 Å². The number of amides is 2. The topological polar surface area (TPSA) is 37.4 Å². The summed E-state index contributed by atoms with van der Waals surface area (Å²) in [5.41, 5.74) is 0.215. The summed E-state index contributed by atoms with van der Waals surface area (Å²) in [4.78, 5) is 24.6. The predicted octanol–water partition coefficient (Wildman–Crippen LogP) is 3.14. The molecule has 6 heteroatoms. The first kappa shape index (κ1) is 12.5. The number of halogens is 3. The van der Waals surface area contributed by atoms with E-state index in [1.165, 1.54) is 6.07 Å². The highest BCUT2D eigenvalue weighted by atomic mass is 79.9. The zero-order valence-electron chi connectivity index (χ0n) is 8.84. The lowest BCUT2D eigenvalue weighted by molar-refractivity contribution is -0.122. The van der Waals surface area contributed by atoms with Crippen LogP contribution in [0.4, 0.5) is 10.1 Å². The molecule has 0 radical (unpaired) electrons. The molecule has 1 heterocycles. The Morgan fingerprint density at radius 1 is 1.47 bits per heavy atom. The fourth-order valence-corrected chi connectivity index (χ4v) is 2.78. The first-order valence-corrected chi connectivity index (χ1v) is 6.10. The summed E-state index contributed by atoms with van der Waals surface area (Å²) in [6.45, 7) is 1.67. The van der Waals surface area contributed by atoms with Crippen LogP contribution in [-0.2, 0) is 9.59 Å².